The minimum Gasteiger partial charge on any atom is -0.352 e. The number of aromatic nitrogens is 4. The van der Waals surface area contributed by atoms with Crippen LogP contribution in [0.15, 0.2) is 43.0 Å². The Morgan fingerprint density at radius 2 is 2.05 bits per heavy atom. The van der Waals surface area contributed by atoms with Gasteiger partial charge in [0.15, 0.2) is 11.5 Å². The van der Waals surface area contributed by atoms with Crippen LogP contribution in [0, 0.1) is 0 Å². The SMILES string of the molecule is c1ccc([C@H]2CN(c3ncnc4nc[nH]c34)CCS2)cc1. The summed E-state index contributed by atoms with van der Waals surface area (Å²) in [5, 5.41) is 0.480. The Morgan fingerprint density at radius 3 is 2.95 bits per heavy atom. The predicted octanol–water partition coefficient (Wildman–Crippen LogP) is 2.65. The van der Waals surface area contributed by atoms with Crippen LogP contribution in [0.2, 0.25) is 0 Å². The van der Waals surface area contributed by atoms with Crippen molar-refractivity contribution in [2.75, 3.05) is 23.7 Å². The van der Waals surface area contributed by atoms with Crippen LogP contribution in [0.4, 0.5) is 5.82 Å². The lowest BCUT2D eigenvalue weighted by Gasteiger charge is -2.33. The highest BCUT2D eigenvalue weighted by Gasteiger charge is 2.24. The predicted molar refractivity (Wildman–Crippen MR) is 85.5 cm³/mol. The number of nitrogens with one attached hydrogen (secondary N) is 1. The van der Waals surface area contributed by atoms with E-state index in [2.05, 4.69) is 55.2 Å². The highest BCUT2D eigenvalue weighted by molar-refractivity contribution is 7.99. The number of hydrogen-bond acceptors (Lipinski definition) is 5. The Bertz CT molecular complexity index is 742. The number of fused-ring (bicyclic) bond motifs is 1. The summed E-state index contributed by atoms with van der Waals surface area (Å²) in [7, 11) is 0. The van der Waals surface area contributed by atoms with Crippen LogP contribution in [0.3, 0.4) is 0 Å². The van der Waals surface area contributed by atoms with Gasteiger partial charge in [0, 0.05) is 24.1 Å². The van der Waals surface area contributed by atoms with Crippen LogP contribution >= 0.6 is 11.8 Å². The van der Waals surface area contributed by atoms with E-state index < -0.39 is 0 Å². The van der Waals surface area contributed by atoms with E-state index >= 15 is 0 Å². The van der Waals surface area contributed by atoms with E-state index in [1.54, 1.807) is 12.7 Å². The molecule has 0 radical (unpaired) electrons. The van der Waals surface area contributed by atoms with Gasteiger partial charge in [-0.25, -0.2) is 15.0 Å². The molecule has 0 aliphatic carbocycles. The van der Waals surface area contributed by atoms with E-state index in [1.165, 1.54) is 5.56 Å². The number of aromatic amines is 1. The molecule has 1 saturated heterocycles. The van der Waals surface area contributed by atoms with Crippen LogP contribution in [0.1, 0.15) is 10.8 Å². The third-order valence-electron chi connectivity index (χ3n) is 3.74. The highest BCUT2D eigenvalue weighted by atomic mass is 32.2. The van der Waals surface area contributed by atoms with Gasteiger partial charge in [-0.3, -0.25) is 0 Å². The highest BCUT2D eigenvalue weighted by Crippen LogP contribution is 2.35. The molecule has 0 bridgehead atoms. The van der Waals surface area contributed by atoms with Gasteiger partial charge >= 0.3 is 0 Å². The van der Waals surface area contributed by atoms with Crippen molar-refractivity contribution in [3.05, 3.63) is 48.5 Å². The van der Waals surface area contributed by atoms with Gasteiger partial charge in [-0.2, -0.15) is 11.8 Å². The fraction of sp³-hybridized carbons (Fsp3) is 0.267. The molecule has 6 heteroatoms. The van der Waals surface area contributed by atoms with Crippen molar-refractivity contribution in [1.82, 2.24) is 19.9 Å². The van der Waals surface area contributed by atoms with Gasteiger partial charge in [0.05, 0.1) is 6.33 Å². The Morgan fingerprint density at radius 1 is 1.14 bits per heavy atom. The average Bonchev–Trinajstić information content (AvgIpc) is 3.04. The number of anilines is 1. The third kappa shape index (κ3) is 2.35. The quantitative estimate of drug-likeness (QED) is 0.788. The lowest BCUT2D eigenvalue weighted by molar-refractivity contribution is 0.765. The minimum absolute atomic E-state index is 0.480. The molecule has 0 spiro atoms. The zero-order valence-corrected chi connectivity index (χ0v) is 12.3. The molecule has 1 fully saturated rings. The van der Waals surface area contributed by atoms with Crippen molar-refractivity contribution in [2.45, 2.75) is 5.25 Å². The average molecular weight is 297 g/mol. The molecule has 1 aliphatic heterocycles. The Kier molecular flexibility index (Phi) is 3.23. The molecule has 1 aromatic carbocycles. The number of imidazole rings is 1. The first kappa shape index (κ1) is 12.6. The lowest BCUT2D eigenvalue weighted by atomic mass is 10.1. The molecule has 106 valence electrons. The third-order valence-corrected chi connectivity index (χ3v) is 4.98. The molecule has 1 aliphatic rings. The van der Waals surface area contributed by atoms with Crippen LogP contribution in [0.25, 0.3) is 11.2 Å². The second-order valence-corrected chi connectivity index (χ2v) is 6.33. The molecule has 4 rings (SSSR count). The van der Waals surface area contributed by atoms with E-state index in [9.17, 15) is 0 Å². The minimum atomic E-state index is 0.480. The number of rotatable bonds is 2. The smallest absolute Gasteiger partial charge is 0.182 e. The molecule has 0 amide bonds. The second kappa shape index (κ2) is 5.37. The van der Waals surface area contributed by atoms with E-state index in [0.29, 0.717) is 5.25 Å². The van der Waals surface area contributed by atoms with Crippen molar-refractivity contribution in [2.24, 2.45) is 0 Å². The molecule has 1 N–H and O–H groups in total. The Labute approximate surface area is 126 Å². The summed E-state index contributed by atoms with van der Waals surface area (Å²) < 4.78 is 0. The molecule has 1 atom stereocenters. The summed E-state index contributed by atoms with van der Waals surface area (Å²) in [6.07, 6.45) is 3.27. The summed E-state index contributed by atoms with van der Waals surface area (Å²) >= 11 is 2.01. The van der Waals surface area contributed by atoms with Crippen LogP contribution < -0.4 is 4.90 Å². The van der Waals surface area contributed by atoms with Gasteiger partial charge in [-0.1, -0.05) is 30.3 Å². The van der Waals surface area contributed by atoms with Gasteiger partial charge in [0.1, 0.15) is 11.8 Å². The van der Waals surface area contributed by atoms with Crippen LogP contribution in [-0.2, 0) is 0 Å². The lowest BCUT2D eigenvalue weighted by Crippen LogP contribution is -2.35. The summed E-state index contributed by atoms with van der Waals surface area (Å²) in [5.41, 5.74) is 3.04. The largest absolute Gasteiger partial charge is 0.352 e. The van der Waals surface area contributed by atoms with Gasteiger partial charge < -0.3 is 9.88 Å². The van der Waals surface area contributed by atoms with Gasteiger partial charge in [-0.15, -0.1) is 0 Å². The molecule has 3 heterocycles. The topological polar surface area (TPSA) is 57.7 Å². The molecular weight excluding hydrogens is 282 g/mol. The first-order valence-corrected chi connectivity index (χ1v) is 8.02. The first-order chi connectivity index (χ1) is 10.4. The van der Waals surface area contributed by atoms with Gasteiger partial charge in [0.2, 0.25) is 0 Å². The maximum absolute atomic E-state index is 4.47. The Balaban J connectivity index is 1.65. The Hall–Kier alpha value is -2.08. The fourth-order valence-electron chi connectivity index (χ4n) is 2.70. The van der Waals surface area contributed by atoms with Crippen LogP contribution in [0.5, 0.6) is 0 Å². The molecule has 21 heavy (non-hydrogen) atoms. The zero-order chi connectivity index (χ0) is 14.1. The van der Waals surface area contributed by atoms with Gasteiger partial charge in [-0.05, 0) is 5.56 Å². The summed E-state index contributed by atoms with van der Waals surface area (Å²) in [5.74, 6) is 2.05. The number of H-pyrrole nitrogens is 1. The van der Waals surface area contributed by atoms with Crippen molar-refractivity contribution < 1.29 is 0 Å². The fourth-order valence-corrected chi connectivity index (χ4v) is 3.95. The standard InChI is InChI=1S/C15H15N5S/c1-2-4-11(5-3-1)12-8-20(6-7-21-12)15-13-14(17-9-16-13)18-10-19-15/h1-5,9-10,12H,6-8H2,(H,16,17,18,19)/t12-/m1/s1. The first-order valence-electron chi connectivity index (χ1n) is 6.97. The molecule has 0 unspecified atom stereocenters. The van der Waals surface area contributed by atoms with E-state index in [-0.39, 0.29) is 0 Å². The zero-order valence-electron chi connectivity index (χ0n) is 11.4. The number of hydrogen-bond donors (Lipinski definition) is 1. The van der Waals surface area contributed by atoms with Crippen molar-refractivity contribution in [1.29, 1.82) is 0 Å². The number of thioether (sulfide) groups is 1. The van der Waals surface area contributed by atoms with Crippen LogP contribution in [-0.4, -0.2) is 38.8 Å². The van der Waals surface area contributed by atoms with Crippen molar-refractivity contribution in [3.8, 4) is 0 Å². The second-order valence-electron chi connectivity index (χ2n) is 5.01. The van der Waals surface area contributed by atoms with Gasteiger partial charge in [0.25, 0.3) is 0 Å². The van der Waals surface area contributed by atoms with Crippen molar-refractivity contribution >= 4 is 28.7 Å². The monoisotopic (exact) mass is 297 g/mol. The summed E-state index contributed by atoms with van der Waals surface area (Å²) in [6, 6.07) is 10.7. The molecule has 3 aromatic rings. The maximum atomic E-state index is 4.47. The summed E-state index contributed by atoms with van der Waals surface area (Å²) in [4.78, 5) is 18.4. The van der Waals surface area contributed by atoms with Crippen molar-refractivity contribution in [3.63, 3.8) is 0 Å². The normalized spacial score (nSPS) is 19.0. The van der Waals surface area contributed by atoms with E-state index in [0.717, 1.165) is 35.8 Å². The molecular formula is C15H15N5S. The molecule has 2 aromatic heterocycles. The van der Waals surface area contributed by atoms with E-state index in [4.69, 9.17) is 0 Å². The number of nitrogens with zero attached hydrogens (tertiary/aromatic N) is 4. The maximum Gasteiger partial charge on any atom is 0.182 e. The van der Waals surface area contributed by atoms with E-state index in [1.807, 2.05) is 11.8 Å². The number of benzene rings is 1. The summed E-state index contributed by atoms with van der Waals surface area (Å²) in [6.45, 7) is 1.96. The molecule has 0 saturated carbocycles. The molecule has 5 nitrogen and oxygen atoms in total.